The number of hydrogen-bond acceptors (Lipinski definition) is 4. The van der Waals surface area contributed by atoms with E-state index in [0.717, 1.165) is 18.4 Å². The topological polar surface area (TPSA) is 66.3 Å². The highest BCUT2D eigenvalue weighted by Crippen LogP contribution is 2.37. The second-order valence-electron chi connectivity index (χ2n) is 5.05. The Morgan fingerprint density at radius 1 is 1.41 bits per heavy atom. The molecule has 7 heteroatoms. The predicted molar refractivity (Wildman–Crippen MR) is 79.7 cm³/mol. The maximum atomic E-state index is 13.8. The molecule has 0 amide bonds. The highest BCUT2D eigenvalue weighted by molar-refractivity contribution is 6.31. The maximum absolute atomic E-state index is 13.8. The molecule has 3 rings (SSSR count). The summed E-state index contributed by atoms with van der Waals surface area (Å²) in [6, 6.07) is 7.48. The van der Waals surface area contributed by atoms with Crippen LogP contribution in [0, 0.1) is 5.95 Å². The lowest BCUT2D eigenvalue weighted by Gasteiger charge is -2.26. The highest BCUT2D eigenvalue weighted by atomic mass is 35.5. The van der Waals surface area contributed by atoms with E-state index in [1.807, 2.05) is 29.2 Å². The molecule has 1 aromatic carbocycles. The zero-order chi connectivity index (χ0) is 15.7. The number of rotatable bonds is 3. The van der Waals surface area contributed by atoms with E-state index in [2.05, 4.69) is 9.97 Å². The molecule has 5 nitrogen and oxygen atoms in total. The van der Waals surface area contributed by atoms with Gasteiger partial charge in [-0.05, 0) is 24.5 Å². The summed E-state index contributed by atoms with van der Waals surface area (Å²) in [4.78, 5) is 20.1. The first kappa shape index (κ1) is 14.7. The summed E-state index contributed by atoms with van der Waals surface area (Å²) in [5, 5.41) is 9.46. The highest BCUT2D eigenvalue weighted by Gasteiger charge is 2.29. The lowest BCUT2D eigenvalue weighted by molar-refractivity contribution is 0.0683. The molecular formula is C15H13ClFN3O2. The van der Waals surface area contributed by atoms with Gasteiger partial charge in [0.1, 0.15) is 0 Å². The molecule has 0 saturated carbocycles. The molecule has 0 spiro atoms. The zero-order valence-corrected chi connectivity index (χ0v) is 12.3. The number of carbonyl (C=O) groups is 1. The second-order valence-corrected chi connectivity index (χ2v) is 5.45. The molecule has 2 heterocycles. The van der Waals surface area contributed by atoms with Crippen molar-refractivity contribution >= 4 is 23.4 Å². The molecule has 22 heavy (non-hydrogen) atoms. The van der Waals surface area contributed by atoms with E-state index in [-0.39, 0.29) is 6.04 Å². The van der Waals surface area contributed by atoms with E-state index in [0.29, 0.717) is 17.4 Å². The smallest absolute Gasteiger partial charge is 0.359 e. The van der Waals surface area contributed by atoms with Crippen LogP contribution in [0.3, 0.4) is 0 Å². The summed E-state index contributed by atoms with van der Waals surface area (Å²) in [5.41, 5.74) is 0.281. The summed E-state index contributed by atoms with van der Waals surface area (Å²) < 4.78 is 13.8. The Balaban J connectivity index is 1.95. The number of carboxylic acid groups (broad SMARTS) is 1. The number of nitrogens with zero attached hydrogens (tertiary/aromatic N) is 3. The molecule has 1 unspecified atom stereocenters. The van der Waals surface area contributed by atoms with Crippen molar-refractivity contribution in [3.8, 4) is 0 Å². The van der Waals surface area contributed by atoms with Gasteiger partial charge in [0.15, 0.2) is 5.82 Å². The largest absolute Gasteiger partial charge is 0.476 e. The molecule has 0 bridgehead atoms. The van der Waals surface area contributed by atoms with Gasteiger partial charge in [-0.15, -0.1) is 0 Å². The predicted octanol–water partition coefficient (Wildman–Crippen LogP) is 3.31. The summed E-state index contributed by atoms with van der Waals surface area (Å²) in [6.07, 6.45) is 3.08. The minimum absolute atomic E-state index is 0.0157. The maximum Gasteiger partial charge on any atom is 0.359 e. The van der Waals surface area contributed by atoms with Gasteiger partial charge in [-0.1, -0.05) is 29.8 Å². The third-order valence-corrected chi connectivity index (χ3v) is 4.08. The third kappa shape index (κ3) is 2.62. The van der Waals surface area contributed by atoms with Crippen LogP contribution in [0.4, 0.5) is 10.2 Å². The Morgan fingerprint density at radius 2 is 2.18 bits per heavy atom. The van der Waals surface area contributed by atoms with Gasteiger partial charge in [0.2, 0.25) is 11.6 Å². The fourth-order valence-corrected chi connectivity index (χ4v) is 3.01. The van der Waals surface area contributed by atoms with E-state index in [1.165, 1.54) is 6.20 Å². The van der Waals surface area contributed by atoms with Crippen LogP contribution in [-0.2, 0) is 0 Å². The van der Waals surface area contributed by atoms with E-state index in [1.54, 1.807) is 0 Å². The summed E-state index contributed by atoms with van der Waals surface area (Å²) in [7, 11) is 0. The van der Waals surface area contributed by atoms with Crippen molar-refractivity contribution in [2.45, 2.75) is 18.9 Å². The van der Waals surface area contributed by atoms with E-state index >= 15 is 0 Å². The number of carboxylic acids is 1. The minimum Gasteiger partial charge on any atom is -0.476 e. The number of benzene rings is 1. The molecule has 1 fully saturated rings. The summed E-state index contributed by atoms with van der Waals surface area (Å²) in [6.45, 7) is 0.691. The van der Waals surface area contributed by atoms with Crippen LogP contribution in [0.25, 0.3) is 0 Å². The zero-order valence-electron chi connectivity index (χ0n) is 11.5. The standard InChI is InChI=1S/C15H13ClFN3O2/c16-10-5-2-1-4-9(10)11-6-3-7-20(11)12-8-18-13(15(21)22)14(17)19-12/h1-2,4-5,8,11H,3,6-7H2,(H,21,22). The Hall–Kier alpha value is -2.21. The van der Waals surface area contributed by atoms with E-state index < -0.39 is 17.6 Å². The minimum atomic E-state index is -1.43. The fraction of sp³-hybridized carbons (Fsp3) is 0.267. The number of halogens is 2. The van der Waals surface area contributed by atoms with Crippen LogP contribution in [0.5, 0.6) is 0 Å². The molecule has 1 N–H and O–H groups in total. The van der Waals surface area contributed by atoms with Gasteiger partial charge in [0.05, 0.1) is 12.2 Å². The average molecular weight is 322 g/mol. The molecule has 0 aliphatic carbocycles. The van der Waals surface area contributed by atoms with Crippen molar-refractivity contribution in [1.29, 1.82) is 0 Å². The van der Waals surface area contributed by atoms with Gasteiger partial charge >= 0.3 is 5.97 Å². The lowest BCUT2D eigenvalue weighted by Crippen LogP contribution is -2.25. The van der Waals surface area contributed by atoms with Crippen molar-refractivity contribution in [1.82, 2.24) is 9.97 Å². The summed E-state index contributed by atoms with van der Waals surface area (Å²) in [5.74, 6) is -2.18. The first-order chi connectivity index (χ1) is 10.6. The normalized spacial score (nSPS) is 17.7. The van der Waals surface area contributed by atoms with Gasteiger partial charge in [-0.3, -0.25) is 0 Å². The molecule has 114 valence electrons. The van der Waals surface area contributed by atoms with Gasteiger partial charge in [0, 0.05) is 11.6 Å². The van der Waals surface area contributed by atoms with Crippen LogP contribution in [0.2, 0.25) is 5.02 Å². The Labute approximate surface area is 131 Å². The van der Waals surface area contributed by atoms with Crippen molar-refractivity contribution in [2.24, 2.45) is 0 Å². The summed E-state index contributed by atoms with van der Waals surface area (Å²) >= 11 is 6.24. The number of hydrogen-bond donors (Lipinski definition) is 1. The molecule has 1 aliphatic rings. The van der Waals surface area contributed by atoms with Gasteiger partial charge in [-0.25, -0.2) is 9.78 Å². The number of aromatic nitrogens is 2. The Kier molecular flexibility index (Phi) is 3.94. The molecular weight excluding hydrogens is 309 g/mol. The first-order valence-corrected chi connectivity index (χ1v) is 7.22. The second kappa shape index (κ2) is 5.88. The van der Waals surface area contributed by atoms with Crippen LogP contribution in [-0.4, -0.2) is 27.6 Å². The first-order valence-electron chi connectivity index (χ1n) is 6.85. The van der Waals surface area contributed by atoms with Gasteiger partial charge in [0.25, 0.3) is 0 Å². The number of aromatic carboxylic acids is 1. The van der Waals surface area contributed by atoms with Crippen LogP contribution < -0.4 is 4.90 Å². The van der Waals surface area contributed by atoms with Gasteiger partial charge < -0.3 is 10.0 Å². The Morgan fingerprint density at radius 3 is 2.86 bits per heavy atom. The third-order valence-electron chi connectivity index (χ3n) is 3.73. The van der Waals surface area contributed by atoms with Crippen LogP contribution in [0.1, 0.15) is 34.9 Å². The molecule has 1 aromatic heterocycles. The average Bonchev–Trinajstić information content (AvgIpc) is 2.96. The van der Waals surface area contributed by atoms with Crippen molar-refractivity contribution in [3.63, 3.8) is 0 Å². The Bertz CT molecular complexity index is 726. The molecule has 2 aromatic rings. The van der Waals surface area contributed by atoms with Crippen molar-refractivity contribution < 1.29 is 14.3 Å². The fourth-order valence-electron chi connectivity index (χ4n) is 2.75. The van der Waals surface area contributed by atoms with Gasteiger partial charge in [-0.2, -0.15) is 9.37 Å². The molecule has 1 atom stereocenters. The lowest BCUT2D eigenvalue weighted by atomic mass is 10.0. The van der Waals surface area contributed by atoms with Crippen LogP contribution in [0.15, 0.2) is 30.5 Å². The van der Waals surface area contributed by atoms with E-state index in [4.69, 9.17) is 16.7 Å². The van der Waals surface area contributed by atoms with Crippen molar-refractivity contribution in [2.75, 3.05) is 11.4 Å². The van der Waals surface area contributed by atoms with E-state index in [9.17, 15) is 9.18 Å². The monoisotopic (exact) mass is 321 g/mol. The molecule has 1 saturated heterocycles. The van der Waals surface area contributed by atoms with Crippen molar-refractivity contribution in [3.05, 3.63) is 52.7 Å². The molecule has 1 aliphatic heterocycles. The quantitative estimate of drug-likeness (QED) is 0.939. The van der Waals surface area contributed by atoms with Crippen LogP contribution >= 0.6 is 11.6 Å². The SMILES string of the molecule is O=C(O)c1ncc(N2CCCC2c2ccccc2Cl)nc1F. The molecule has 0 radical (unpaired) electrons. The number of anilines is 1.